The molecule has 0 aliphatic rings. The van der Waals surface area contributed by atoms with E-state index in [1.807, 2.05) is 23.9 Å². The number of para-hydroxylation sites is 1. The molecule has 1 aromatic carbocycles. The molecule has 0 saturated heterocycles. The number of hydrogen-bond acceptors (Lipinski definition) is 3. The predicted octanol–water partition coefficient (Wildman–Crippen LogP) is 1.92. The minimum absolute atomic E-state index is 0.00928. The standard InChI is InChI=1S/C13H18ClN3O/c1-17-13-6-4-3-5-11(13)12(16-17)8-15-7-10(14)9-18-2/h3-6,10,15H,7-9H2,1-2H3. The van der Waals surface area contributed by atoms with Gasteiger partial charge in [0, 0.05) is 32.6 Å². The van der Waals surface area contributed by atoms with Gasteiger partial charge in [-0.3, -0.25) is 4.68 Å². The molecule has 0 spiro atoms. The Bertz CT molecular complexity index is 512. The Morgan fingerprint density at radius 1 is 1.44 bits per heavy atom. The van der Waals surface area contributed by atoms with Gasteiger partial charge in [-0.15, -0.1) is 11.6 Å². The number of hydrogen-bond donors (Lipinski definition) is 1. The molecule has 1 heterocycles. The van der Waals surface area contributed by atoms with Crippen LogP contribution in [0.5, 0.6) is 0 Å². The van der Waals surface area contributed by atoms with Crippen LogP contribution in [0.25, 0.3) is 10.9 Å². The van der Waals surface area contributed by atoms with Crippen molar-refractivity contribution >= 4 is 22.5 Å². The molecule has 5 heteroatoms. The van der Waals surface area contributed by atoms with E-state index in [9.17, 15) is 0 Å². The summed E-state index contributed by atoms with van der Waals surface area (Å²) in [6.45, 7) is 1.98. The Morgan fingerprint density at radius 3 is 3.00 bits per heavy atom. The van der Waals surface area contributed by atoms with E-state index in [4.69, 9.17) is 16.3 Å². The maximum atomic E-state index is 6.06. The third-order valence-corrected chi connectivity index (χ3v) is 3.12. The zero-order valence-electron chi connectivity index (χ0n) is 10.7. The molecule has 98 valence electrons. The van der Waals surface area contributed by atoms with Gasteiger partial charge in [0.1, 0.15) is 0 Å². The Balaban J connectivity index is 2.00. The average molecular weight is 268 g/mol. The molecule has 0 radical (unpaired) electrons. The average Bonchev–Trinajstić information content (AvgIpc) is 2.68. The lowest BCUT2D eigenvalue weighted by Gasteiger charge is -2.08. The van der Waals surface area contributed by atoms with Crippen molar-refractivity contribution in [2.24, 2.45) is 7.05 Å². The highest BCUT2D eigenvalue weighted by Crippen LogP contribution is 2.16. The summed E-state index contributed by atoms with van der Waals surface area (Å²) in [6, 6.07) is 8.21. The van der Waals surface area contributed by atoms with Crippen molar-refractivity contribution < 1.29 is 4.74 Å². The molecule has 0 amide bonds. The van der Waals surface area contributed by atoms with E-state index >= 15 is 0 Å². The summed E-state index contributed by atoms with van der Waals surface area (Å²) in [6.07, 6.45) is 0. The fourth-order valence-electron chi connectivity index (χ4n) is 2.01. The third-order valence-electron chi connectivity index (χ3n) is 2.84. The van der Waals surface area contributed by atoms with Gasteiger partial charge in [-0.1, -0.05) is 18.2 Å². The Labute approximate surface area is 112 Å². The number of alkyl halides is 1. The maximum absolute atomic E-state index is 6.06. The first-order chi connectivity index (χ1) is 8.72. The van der Waals surface area contributed by atoms with Crippen molar-refractivity contribution in [1.82, 2.24) is 15.1 Å². The number of nitrogens with one attached hydrogen (secondary N) is 1. The molecule has 1 N–H and O–H groups in total. The Morgan fingerprint density at radius 2 is 2.22 bits per heavy atom. The van der Waals surface area contributed by atoms with E-state index in [1.54, 1.807) is 7.11 Å². The molecule has 0 saturated carbocycles. The molecule has 0 aliphatic carbocycles. The molecule has 1 aromatic heterocycles. The van der Waals surface area contributed by atoms with Crippen LogP contribution in [0.2, 0.25) is 0 Å². The van der Waals surface area contributed by atoms with E-state index in [-0.39, 0.29) is 5.38 Å². The van der Waals surface area contributed by atoms with Gasteiger partial charge in [0.15, 0.2) is 0 Å². The number of nitrogens with zero attached hydrogens (tertiary/aromatic N) is 2. The van der Waals surface area contributed by atoms with Crippen molar-refractivity contribution in [3.8, 4) is 0 Å². The lowest BCUT2D eigenvalue weighted by molar-refractivity contribution is 0.197. The smallest absolute Gasteiger partial charge is 0.0841 e. The summed E-state index contributed by atoms with van der Waals surface area (Å²) < 4.78 is 6.89. The fourth-order valence-corrected chi connectivity index (χ4v) is 2.24. The maximum Gasteiger partial charge on any atom is 0.0841 e. The number of halogens is 1. The number of benzene rings is 1. The summed E-state index contributed by atoms with van der Waals surface area (Å²) >= 11 is 6.06. The second-order valence-corrected chi connectivity index (χ2v) is 4.89. The van der Waals surface area contributed by atoms with Crippen LogP contribution in [-0.2, 0) is 18.3 Å². The second-order valence-electron chi connectivity index (χ2n) is 4.27. The monoisotopic (exact) mass is 267 g/mol. The minimum atomic E-state index is -0.00928. The van der Waals surface area contributed by atoms with E-state index < -0.39 is 0 Å². The largest absolute Gasteiger partial charge is 0.383 e. The van der Waals surface area contributed by atoms with Gasteiger partial charge in [0.05, 0.1) is 23.2 Å². The van der Waals surface area contributed by atoms with Crippen LogP contribution < -0.4 is 5.32 Å². The zero-order chi connectivity index (χ0) is 13.0. The van der Waals surface area contributed by atoms with Gasteiger partial charge < -0.3 is 10.1 Å². The van der Waals surface area contributed by atoms with Crippen LogP contribution in [0.3, 0.4) is 0 Å². The van der Waals surface area contributed by atoms with Crippen LogP contribution >= 0.6 is 11.6 Å². The van der Waals surface area contributed by atoms with E-state index in [2.05, 4.69) is 22.5 Å². The molecule has 4 nitrogen and oxygen atoms in total. The SMILES string of the molecule is COCC(Cl)CNCc1nn(C)c2ccccc12. The molecular weight excluding hydrogens is 250 g/mol. The summed E-state index contributed by atoms with van der Waals surface area (Å²) in [5, 5.41) is 8.99. The van der Waals surface area contributed by atoms with Crippen molar-refractivity contribution in [2.45, 2.75) is 11.9 Å². The lowest BCUT2D eigenvalue weighted by atomic mass is 10.2. The van der Waals surface area contributed by atoms with Crippen LogP contribution in [0.4, 0.5) is 0 Å². The lowest BCUT2D eigenvalue weighted by Crippen LogP contribution is -2.26. The van der Waals surface area contributed by atoms with Gasteiger partial charge in [0.2, 0.25) is 0 Å². The van der Waals surface area contributed by atoms with Crippen LogP contribution in [0, 0.1) is 0 Å². The Kier molecular flexibility index (Phi) is 4.58. The van der Waals surface area contributed by atoms with Gasteiger partial charge in [-0.2, -0.15) is 5.10 Å². The van der Waals surface area contributed by atoms with Crippen molar-refractivity contribution in [3.63, 3.8) is 0 Å². The number of ether oxygens (including phenoxy) is 1. The summed E-state index contributed by atoms with van der Waals surface area (Å²) in [4.78, 5) is 0. The van der Waals surface area contributed by atoms with E-state index in [1.165, 1.54) is 5.39 Å². The number of aryl methyl sites for hydroxylation is 1. The van der Waals surface area contributed by atoms with E-state index in [0.29, 0.717) is 19.7 Å². The highest BCUT2D eigenvalue weighted by Gasteiger charge is 2.08. The molecule has 2 rings (SSSR count). The fraction of sp³-hybridized carbons (Fsp3) is 0.462. The third kappa shape index (κ3) is 3.02. The highest BCUT2D eigenvalue weighted by molar-refractivity contribution is 6.20. The number of aromatic nitrogens is 2. The first kappa shape index (κ1) is 13.3. The van der Waals surface area contributed by atoms with Crippen molar-refractivity contribution in [1.29, 1.82) is 0 Å². The van der Waals surface area contributed by atoms with E-state index in [0.717, 1.165) is 11.2 Å². The Hall–Kier alpha value is -1.10. The molecule has 0 bridgehead atoms. The van der Waals surface area contributed by atoms with Gasteiger partial charge in [-0.05, 0) is 6.07 Å². The quantitative estimate of drug-likeness (QED) is 0.813. The molecular formula is C13H18ClN3O. The van der Waals surface area contributed by atoms with Gasteiger partial charge in [-0.25, -0.2) is 0 Å². The number of rotatable bonds is 6. The molecule has 18 heavy (non-hydrogen) atoms. The molecule has 0 fully saturated rings. The molecule has 2 aromatic rings. The normalized spacial score (nSPS) is 13.1. The highest BCUT2D eigenvalue weighted by atomic mass is 35.5. The first-order valence-electron chi connectivity index (χ1n) is 5.96. The van der Waals surface area contributed by atoms with Gasteiger partial charge >= 0.3 is 0 Å². The molecule has 1 unspecified atom stereocenters. The van der Waals surface area contributed by atoms with Crippen LogP contribution in [-0.4, -0.2) is 35.4 Å². The number of fused-ring (bicyclic) bond motifs is 1. The zero-order valence-corrected chi connectivity index (χ0v) is 11.4. The van der Waals surface area contributed by atoms with Gasteiger partial charge in [0.25, 0.3) is 0 Å². The first-order valence-corrected chi connectivity index (χ1v) is 6.40. The molecule has 1 atom stereocenters. The predicted molar refractivity (Wildman–Crippen MR) is 73.9 cm³/mol. The van der Waals surface area contributed by atoms with Crippen LogP contribution in [0.1, 0.15) is 5.69 Å². The minimum Gasteiger partial charge on any atom is -0.383 e. The summed E-state index contributed by atoms with van der Waals surface area (Å²) in [5.41, 5.74) is 2.20. The molecule has 0 aliphatic heterocycles. The van der Waals surface area contributed by atoms with Crippen molar-refractivity contribution in [3.05, 3.63) is 30.0 Å². The topological polar surface area (TPSA) is 39.1 Å². The number of methoxy groups -OCH3 is 1. The second kappa shape index (κ2) is 6.18. The summed E-state index contributed by atoms with van der Waals surface area (Å²) in [7, 11) is 3.61. The van der Waals surface area contributed by atoms with Crippen molar-refractivity contribution in [2.75, 3.05) is 20.3 Å². The summed E-state index contributed by atoms with van der Waals surface area (Å²) in [5.74, 6) is 0. The van der Waals surface area contributed by atoms with Crippen LogP contribution in [0.15, 0.2) is 24.3 Å².